The van der Waals surface area contributed by atoms with E-state index in [2.05, 4.69) is 4.98 Å². The lowest BCUT2D eigenvalue weighted by atomic mass is 10.3. The van der Waals surface area contributed by atoms with E-state index in [0.717, 1.165) is 12.2 Å². The Balaban J connectivity index is 2.40. The highest BCUT2D eigenvalue weighted by Crippen LogP contribution is 1.93. The first-order valence-electron chi connectivity index (χ1n) is 6.25. The van der Waals surface area contributed by atoms with Gasteiger partial charge in [-0.25, -0.2) is 14.4 Å². The standard InChI is InChI=1S/C13H16N2O6/c1-8(2)21-12(18)4-3-11(17)20-6-5-9-7-10(16)15-13(19)14-9/h3-4,7-8H,5-6H2,1-2H3,(H2,14,15,16,19)/b4-3+. The molecule has 1 aromatic heterocycles. The summed E-state index contributed by atoms with van der Waals surface area (Å²) in [6, 6.07) is 1.20. The molecule has 1 rings (SSSR count). The number of hydrogen-bond acceptors (Lipinski definition) is 6. The Morgan fingerprint density at radius 3 is 2.48 bits per heavy atom. The molecule has 1 aromatic rings. The van der Waals surface area contributed by atoms with Crippen molar-refractivity contribution < 1.29 is 19.1 Å². The number of rotatable bonds is 6. The van der Waals surface area contributed by atoms with Crippen LogP contribution in [0.2, 0.25) is 0 Å². The predicted octanol–water partition coefficient (Wildman–Crippen LogP) is -0.343. The van der Waals surface area contributed by atoms with Crippen molar-refractivity contribution in [2.75, 3.05) is 6.61 Å². The number of carbonyl (C=O) groups is 2. The fraction of sp³-hybridized carbons (Fsp3) is 0.385. The lowest BCUT2D eigenvalue weighted by Crippen LogP contribution is -2.23. The normalized spacial score (nSPS) is 10.8. The lowest BCUT2D eigenvalue weighted by molar-refractivity contribution is -0.142. The summed E-state index contributed by atoms with van der Waals surface area (Å²) in [5.74, 6) is -1.36. The maximum atomic E-state index is 11.3. The highest BCUT2D eigenvalue weighted by molar-refractivity contribution is 5.91. The number of H-pyrrole nitrogens is 2. The maximum Gasteiger partial charge on any atom is 0.331 e. The van der Waals surface area contributed by atoms with Gasteiger partial charge in [-0.3, -0.25) is 9.78 Å². The number of aromatic amines is 2. The van der Waals surface area contributed by atoms with Gasteiger partial charge >= 0.3 is 17.6 Å². The molecule has 0 amide bonds. The van der Waals surface area contributed by atoms with Gasteiger partial charge in [0.05, 0.1) is 12.7 Å². The Hall–Kier alpha value is -2.64. The van der Waals surface area contributed by atoms with Gasteiger partial charge in [0.15, 0.2) is 0 Å². The van der Waals surface area contributed by atoms with Gasteiger partial charge in [-0.15, -0.1) is 0 Å². The van der Waals surface area contributed by atoms with Gasteiger partial charge < -0.3 is 14.5 Å². The molecule has 0 bridgehead atoms. The van der Waals surface area contributed by atoms with E-state index in [0.29, 0.717) is 5.69 Å². The third kappa shape index (κ3) is 6.90. The van der Waals surface area contributed by atoms with Crippen LogP contribution in [0.3, 0.4) is 0 Å². The summed E-state index contributed by atoms with van der Waals surface area (Å²) in [4.78, 5) is 48.9. The van der Waals surface area contributed by atoms with Gasteiger partial charge in [0.2, 0.25) is 0 Å². The Morgan fingerprint density at radius 1 is 1.19 bits per heavy atom. The van der Waals surface area contributed by atoms with E-state index in [-0.39, 0.29) is 19.1 Å². The summed E-state index contributed by atoms with van der Waals surface area (Å²) in [6.07, 6.45) is 1.82. The molecule has 0 saturated carbocycles. The van der Waals surface area contributed by atoms with Crippen LogP contribution in [0, 0.1) is 0 Å². The van der Waals surface area contributed by atoms with Crippen LogP contribution in [0.4, 0.5) is 0 Å². The van der Waals surface area contributed by atoms with Gasteiger partial charge in [-0.1, -0.05) is 0 Å². The highest BCUT2D eigenvalue weighted by Gasteiger charge is 2.04. The van der Waals surface area contributed by atoms with E-state index in [4.69, 9.17) is 9.47 Å². The molecule has 8 nitrogen and oxygen atoms in total. The summed E-state index contributed by atoms with van der Waals surface area (Å²) < 4.78 is 9.60. The Bertz CT molecular complexity index is 612. The third-order valence-electron chi connectivity index (χ3n) is 2.14. The van der Waals surface area contributed by atoms with Gasteiger partial charge in [0, 0.05) is 30.3 Å². The fourth-order valence-electron chi connectivity index (χ4n) is 1.37. The largest absolute Gasteiger partial charge is 0.462 e. The Kier molecular flexibility index (Phi) is 6.12. The van der Waals surface area contributed by atoms with Crippen LogP contribution in [0.1, 0.15) is 19.5 Å². The first-order chi connectivity index (χ1) is 9.86. The molecular weight excluding hydrogens is 280 g/mol. The maximum absolute atomic E-state index is 11.3. The molecule has 21 heavy (non-hydrogen) atoms. The van der Waals surface area contributed by atoms with Crippen LogP contribution in [0.15, 0.2) is 27.8 Å². The van der Waals surface area contributed by atoms with E-state index in [1.807, 2.05) is 4.98 Å². The quantitative estimate of drug-likeness (QED) is 0.547. The van der Waals surface area contributed by atoms with Gasteiger partial charge in [0.25, 0.3) is 5.56 Å². The minimum absolute atomic E-state index is 0.0399. The second-order valence-electron chi connectivity index (χ2n) is 4.35. The summed E-state index contributed by atoms with van der Waals surface area (Å²) in [6.45, 7) is 3.33. The van der Waals surface area contributed by atoms with E-state index < -0.39 is 23.2 Å². The zero-order valence-corrected chi connectivity index (χ0v) is 11.7. The Morgan fingerprint density at radius 2 is 1.86 bits per heavy atom. The van der Waals surface area contributed by atoms with Gasteiger partial charge in [-0.2, -0.15) is 0 Å². The molecule has 0 atom stereocenters. The van der Waals surface area contributed by atoms with E-state index >= 15 is 0 Å². The summed E-state index contributed by atoms with van der Waals surface area (Å²) >= 11 is 0. The van der Waals surface area contributed by atoms with Crippen molar-refractivity contribution in [2.24, 2.45) is 0 Å². The first-order valence-corrected chi connectivity index (χ1v) is 6.25. The van der Waals surface area contributed by atoms with Crippen molar-refractivity contribution in [3.8, 4) is 0 Å². The average molecular weight is 296 g/mol. The van der Waals surface area contributed by atoms with Crippen molar-refractivity contribution in [1.29, 1.82) is 0 Å². The van der Waals surface area contributed by atoms with Gasteiger partial charge in [0.1, 0.15) is 0 Å². The molecule has 8 heteroatoms. The van der Waals surface area contributed by atoms with Crippen LogP contribution in [-0.4, -0.2) is 34.6 Å². The van der Waals surface area contributed by atoms with Crippen LogP contribution < -0.4 is 11.2 Å². The van der Waals surface area contributed by atoms with Crippen LogP contribution >= 0.6 is 0 Å². The molecule has 0 radical (unpaired) electrons. The molecule has 0 saturated heterocycles. The predicted molar refractivity (Wildman–Crippen MR) is 72.7 cm³/mol. The monoisotopic (exact) mass is 296 g/mol. The molecule has 0 aliphatic heterocycles. The molecule has 114 valence electrons. The topological polar surface area (TPSA) is 118 Å². The number of aromatic nitrogens is 2. The smallest absolute Gasteiger partial charge is 0.331 e. The molecule has 0 spiro atoms. The highest BCUT2D eigenvalue weighted by atomic mass is 16.5. The van der Waals surface area contributed by atoms with Crippen LogP contribution in [-0.2, 0) is 25.5 Å². The van der Waals surface area contributed by atoms with Crippen LogP contribution in [0.5, 0.6) is 0 Å². The number of esters is 2. The van der Waals surface area contributed by atoms with Crippen molar-refractivity contribution in [3.05, 3.63) is 44.8 Å². The third-order valence-corrected chi connectivity index (χ3v) is 2.14. The number of carbonyl (C=O) groups excluding carboxylic acids is 2. The summed E-state index contributed by atoms with van der Waals surface area (Å²) in [7, 11) is 0. The van der Waals surface area contributed by atoms with Crippen molar-refractivity contribution >= 4 is 11.9 Å². The van der Waals surface area contributed by atoms with Crippen LogP contribution in [0.25, 0.3) is 0 Å². The molecule has 0 unspecified atom stereocenters. The van der Waals surface area contributed by atoms with E-state index in [9.17, 15) is 19.2 Å². The zero-order valence-electron chi connectivity index (χ0n) is 11.7. The summed E-state index contributed by atoms with van der Waals surface area (Å²) in [5.41, 5.74) is -0.809. The fourth-order valence-corrected chi connectivity index (χ4v) is 1.37. The number of ether oxygens (including phenoxy) is 2. The molecule has 0 fully saturated rings. The molecule has 0 aromatic carbocycles. The lowest BCUT2D eigenvalue weighted by Gasteiger charge is -2.04. The minimum Gasteiger partial charge on any atom is -0.462 e. The molecule has 1 heterocycles. The minimum atomic E-state index is -0.720. The second-order valence-corrected chi connectivity index (χ2v) is 4.35. The van der Waals surface area contributed by atoms with E-state index in [1.165, 1.54) is 6.07 Å². The second kappa shape index (κ2) is 7.83. The number of hydrogen-bond donors (Lipinski definition) is 2. The molecular formula is C13H16N2O6. The van der Waals surface area contributed by atoms with Crippen molar-refractivity contribution in [1.82, 2.24) is 9.97 Å². The molecule has 2 N–H and O–H groups in total. The van der Waals surface area contributed by atoms with Crippen molar-refractivity contribution in [2.45, 2.75) is 26.4 Å². The SMILES string of the molecule is CC(C)OC(=O)/C=C/C(=O)OCCc1cc(=O)[nH]c(=O)[nH]1. The number of nitrogens with one attached hydrogen (secondary N) is 2. The van der Waals surface area contributed by atoms with Crippen molar-refractivity contribution in [3.63, 3.8) is 0 Å². The summed E-state index contributed by atoms with van der Waals surface area (Å²) in [5, 5.41) is 0. The Labute approximate surface area is 119 Å². The van der Waals surface area contributed by atoms with E-state index in [1.54, 1.807) is 13.8 Å². The zero-order chi connectivity index (χ0) is 15.8. The molecule has 0 aliphatic rings. The average Bonchev–Trinajstić information content (AvgIpc) is 2.34. The van der Waals surface area contributed by atoms with Gasteiger partial charge in [-0.05, 0) is 13.8 Å². The molecule has 0 aliphatic carbocycles. The first kappa shape index (κ1) is 16.4.